The number of carbonyl (C=O) groups is 1. The molecule has 0 aliphatic carbocycles. The Bertz CT molecular complexity index is 583. The number of aryl methyl sites for hydroxylation is 1. The Morgan fingerprint density at radius 1 is 1.32 bits per heavy atom. The minimum Gasteiger partial charge on any atom is -0.339 e. The number of nitrogens with one attached hydrogen (secondary N) is 2. The Hall–Kier alpha value is -2.37. The van der Waals surface area contributed by atoms with Crippen molar-refractivity contribution in [2.24, 2.45) is 0 Å². The van der Waals surface area contributed by atoms with E-state index in [2.05, 4.69) is 20.8 Å². The SMILES string of the molecule is CCC(C)NC(=O)NCCCc1nc(-c2ccccc2)no1. The average Bonchev–Trinajstić information content (AvgIpc) is 3.01. The lowest BCUT2D eigenvalue weighted by Gasteiger charge is -2.11. The van der Waals surface area contributed by atoms with Crippen LogP contribution in [0.5, 0.6) is 0 Å². The van der Waals surface area contributed by atoms with Gasteiger partial charge in [0.1, 0.15) is 0 Å². The predicted molar refractivity (Wildman–Crippen MR) is 84.3 cm³/mol. The van der Waals surface area contributed by atoms with Crippen molar-refractivity contribution >= 4 is 6.03 Å². The molecular weight excluding hydrogens is 280 g/mol. The summed E-state index contributed by atoms with van der Waals surface area (Å²) >= 11 is 0. The van der Waals surface area contributed by atoms with Crippen LogP contribution in [-0.2, 0) is 6.42 Å². The monoisotopic (exact) mass is 302 g/mol. The van der Waals surface area contributed by atoms with E-state index in [0.717, 1.165) is 18.4 Å². The first kappa shape index (κ1) is 16.0. The molecule has 0 aliphatic heterocycles. The number of carbonyl (C=O) groups excluding carboxylic acids is 1. The summed E-state index contributed by atoms with van der Waals surface area (Å²) in [5.41, 5.74) is 0.934. The molecule has 0 aliphatic rings. The van der Waals surface area contributed by atoms with Crippen LogP contribution in [0.1, 0.15) is 32.6 Å². The number of amides is 2. The fourth-order valence-corrected chi connectivity index (χ4v) is 1.88. The Morgan fingerprint density at radius 3 is 2.82 bits per heavy atom. The topological polar surface area (TPSA) is 80.0 Å². The number of hydrogen-bond acceptors (Lipinski definition) is 4. The lowest BCUT2D eigenvalue weighted by Crippen LogP contribution is -2.40. The van der Waals surface area contributed by atoms with E-state index in [1.54, 1.807) is 0 Å². The van der Waals surface area contributed by atoms with Crippen LogP contribution in [0.4, 0.5) is 4.79 Å². The molecule has 2 amide bonds. The highest BCUT2D eigenvalue weighted by atomic mass is 16.5. The smallest absolute Gasteiger partial charge is 0.314 e. The number of benzene rings is 1. The fraction of sp³-hybridized carbons (Fsp3) is 0.438. The van der Waals surface area contributed by atoms with Gasteiger partial charge in [-0.1, -0.05) is 42.4 Å². The first-order valence-electron chi connectivity index (χ1n) is 7.61. The summed E-state index contributed by atoms with van der Waals surface area (Å²) in [5, 5.41) is 9.63. The van der Waals surface area contributed by atoms with E-state index in [4.69, 9.17) is 4.52 Å². The molecule has 0 spiro atoms. The van der Waals surface area contributed by atoms with E-state index >= 15 is 0 Å². The molecule has 0 saturated heterocycles. The molecular formula is C16H22N4O2. The average molecular weight is 302 g/mol. The second-order valence-electron chi connectivity index (χ2n) is 5.19. The van der Waals surface area contributed by atoms with Crippen LogP contribution in [-0.4, -0.2) is 28.8 Å². The van der Waals surface area contributed by atoms with Crippen LogP contribution in [0.3, 0.4) is 0 Å². The standard InChI is InChI=1S/C16H22N4O2/c1-3-12(2)18-16(21)17-11-7-10-14-19-15(20-22-14)13-8-5-4-6-9-13/h4-6,8-9,12H,3,7,10-11H2,1-2H3,(H2,17,18,21). The van der Waals surface area contributed by atoms with E-state index in [9.17, 15) is 4.79 Å². The molecule has 6 heteroatoms. The van der Waals surface area contributed by atoms with Crippen LogP contribution >= 0.6 is 0 Å². The Morgan fingerprint density at radius 2 is 2.09 bits per heavy atom. The third-order valence-corrected chi connectivity index (χ3v) is 3.34. The molecule has 1 heterocycles. The fourth-order valence-electron chi connectivity index (χ4n) is 1.88. The number of aromatic nitrogens is 2. The maximum Gasteiger partial charge on any atom is 0.314 e. The van der Waals surface area contributed by atoms with Gasteiger partial charge in [-0.3, -0.25) is 0 Å². The minimum absolute atomic E-state index is 0.134. The normalized spacial score (nSPS) is 11.9. The van der Waals surface area contributed by atoms with Crippen LogP contribution in [0.25, 0.3) is 11.4 Å². The van der Waals surface area contributed by atoms with E-state index in [1.165, 1.54) is 0 Å². The third kappa shape index (κ3) is 4.87. The zero-order chi connectivity index (χ0) is 15.8. The maximum absolute atomic E-state index is 11.5. The summed E-state index contributed by atoms with van der Waals surface area (Å²) in [6.45, 7) is 4.58. The number of nitrogens with zero attached hydrogens (tertiary/aromatic N) is 2. The lowest BCUT2D eigenvalue weighted by atomic mass is 10.2. The molecule has 6 nitrogen and oxygen atoms in total. The second-order valence-corrected chi connectivity index (χ2v) is 5.19. The van der Waals surface area contributed by atoms with Gasteiger partial charge in [-0.2, -0.15) is 4.98 Å². The summed E-state index contributed by atoms with van der Waals surface area (Å²) in [7, 11) is 0. The van der Waals surface area contributed by atoms with Crippen molar-refractivity contribution in [3.05, 3.63) is 36.2 Å². The van der Waals surface area contributed by atoms with Gasteiger partial charge in [-0.15, -0.1) is 0 Å². The molecule has 0 radical (unpaired) electrons. The maximum atomic E-state index is 11.5. The molecule has 118 valence electrons. The van der Waals surface area contributed by atoms with Gasteiger partial charge in [0, 0.05) is 24.6 Å². The van der Waals surface area contributed by atoms with Crippen molar-refractivity contribution in [1.82, 2.24) is 20.8 Å². The highest BCUT2D eigenvalue weighted by molar-refractivity contribution is 5.74. The third-order valence-electron chi connectivity index (χ3n) is 3.34. The predicted octanol–water partition coefficient (Wildman–Crippen LogP) is 2.77. The molecule has 22 heavy (non-hydrogen) atoms. The van der Waals surface area contributed by atoms with Gasteiger partial charge >= 0.3 is 6.03 Å². The van der Waals surface area contributed by atoms with Gasteiger partial charge in [-0.05, 0) is 19.8 Å². The van der Waals surface area contributed by atoms with Crippen LogP contribution in [0.15, 0.2) is 34.9 Å². The number of hydrogen-bond donors (Lipinski definition) is 2. The Kier molecular flexibility index (Phi) is 5.94. The second kappa shape index (κ2) is 8.17. The highest BCUT2D eigenvalue weighted by Gasteiger charge is 2.08. The van der Waals surface area contributed by atoms with Gasteiger partial charge in [0.25, 0.3) is 0 Å². The van der Waals surface area contributed by atoms with Crippen molar-refractivity contribution < 1.29 is 9.32 Å². The van der Waals surface area contributed by atoms with Crippen molar-refractivity contribution in [1.29, 1.82) is 0 Å². The summed E-state index contributed by atoms with van der Waals surface area (Å²) in [6.07, 6.45) is 2.31. The first-order valence-corrected chi connectivity index (χ1v) is 7.61. The lowest BCUT2D eigenvalue weighted by molar-refractivity contribution is 0.237. The van der Waals surface area contributed by atoms with Gasteiger partial charge in [0.2, 0.25) is 11.7 Å². The molecule has 2 N–H and O–H groups in total. The zero-order valence-corrected chi connectivity index (χ0v) is 13.0. The summed E-state index contributed by atoms with van der Waals surface area (Å²) < 4.78 is 5.22. The van der Waals surface area contributed by atoms with Gasteiger partial charge < -0.3 is 15.2 Å². The van der Waals surface area contributed by atoms with Crippen molar-refractivity contribution in [3.63, 3.8) is 0 Å². The zero-order valence-electron chi connectivity index (χ0n) is 13.0. The van der Waals surface area contributed by atoms with Gasteiger partial charge in [-0.25, -0.2) is 4.79 Å². The first-order chi connectivity index (χ1) is 10.7. The minimum atomic E-state index is -0.134. The quantitative estimate of drug-likeness (QED) is 0.771. The van der Waals surface area contributed by atoms with Crippen molar-refractivity contribution in [2.75, 3.05) is 6.54 Å². The summed E-state index contributed by atoms with van der Waals surface area (Å²) in [4.78, 5) is 15.9. The Balaban J connectivity index is 1.72. The molecule has 1 unspecified atom stereocenters. The van der Waals surface area contributed by atoms with E-state index in [1.807, 2.05) is 44.2 Å². The van der Waals surface area contributed by atoms with Crippen molar-refractivity contribution in [2.45, 2.75) is 39.2 Å². The molecule has 1 aromatic carbocycles. The number of rotatable bonds is 7. The van der Waals surface area contributed by atoms with E-state index in [0.29, 0.717) is 24.7 Å². The summed E-state index contributed by atoms with van der Waals surface area (Å²) in [5.74, 6) is 1.18. The largest absolute Gasteiger partial charge is 0.339 e. The molecule has 2 rings (SSSR count). The van der Waals surface area contributed by atoms with Crippen molar-refractivity contribution in [3.8, 4) is 11.4 Å². The van der Waals surface area contributed by atoms with Gasteiger partial charge in [0.15, 0.2) is 0 Å². The highest BCUT2D eigenvalue weighted by Crippen LogP contribution is 2.15. The molecule has 0 saturated carbocycles. The van der Waals surface area contributed by atoms with E-state index < -0.39 is 0 Å². The van der Waals surface area contributed by atoms with Crippen LogP contribution in [0.2, 0.25) is 0 Å². The molecule has 1 aromatic heterocycles. The molecule has 2 aromatic rings. The molecule has 0 fully saturated rings. The Labute approximate surface area is 130 Å². The van der Waals surface area contributed by atoms with Crippen LogP contribution in [0, 0.1) is 0 Å². The van der Waals surface area contributed by atoms with Gasteiger partial charge in [0.05, 0.1) is 0 Å². The van der Waals surface area contributed by atoms with E-state index in [-0.39, 0.29) is 12.1 Å². The summed E-state index contributed by atoms with van der Waals surface area (Å²) in [6, 6.07) is 9.75. The molecule has 1 atom stereocenters. The van der Waals surface area contributed by atoms with Crippen LogP contribution < -0.4 is 10.6 Å². The number of urea groups is 1. The molecule has 0 bridgehead atoms.